The van der Waals surface area contributed by atoms with Crippen molar-refractivity contribution < 1.29 is 14.6 Å². The molecule has 0 heterocycles. The zero-order valence-electron chi connectivity index (χ0n) is 11.6. The lowest BCUT2D eigenvalue weighted by atomic mass is 9.90. The maximum Gasteiger partial charge on any atom is 0.303 e. The molecule has 1 unspecified atom stereocenters. The molecule has 1 aromatic rings. The molecule has 0 saturated carbocycles. The number of carboxylic acid groups (broad SMARTS) is 1. The quantitative estimate of drug-likeness (QED) is 0.835. The molecule has 1 aromatic carbocycles. The fourth-order valence-corrected chi connectivity index (χ4v) is 2.11. The Kier molecular flexibility index (Phi) is 5.20. The fraction of sp³-hybridized carbons (Fsp3) is 0.533. The van der Waals surface area contributed by atoms with Gasteiger partial charge in [0, 0.05) is 0 Å². The Balaban J connectivity index is 3.10. The van der Waals surface area contributed by atoms with Crippen LogP contribution in [0.3, 0.4) is 0 Å². The molecule has 0 amide bonds. The Morgan fingerprint density at radius 3 is 2.50 bits per heavy atom. The van der Waals surface area contributed by atoms with Gasteiger partial charge in [0.15, 0.2) is 0 Å². The lowest BCUT2D eigenvalue weighted by Crippen LogP contribution is -2.07. The lowest BCUT2D eigenvalue weighted by molar-refractivity contribution is -0.137. The topological polar surface area (TPSA) is 46.5 Å². The van der Waals surface area contributed by atoms with Crippen LogP contribution in [0.15, 0.2) is 18.2 Å². The van der Waals surface area contributed by atoms with E-state index in [2.05, 4.69) is 19.9 Å². The van der Waals surface area contributed by atoms with Crippen LogP contribution >= 0.6 is 0 Å². The highest BCUT2D eigenvalue weighted by atomic mass is 16.5. The first-order valence-electron chi connectivity index (χ1n) is 6.39. The summed E-state index contributed by atoms with van der Waals surface area (Å²) in [6, 6.07) is 6.09. The van der Waals surface area contributed by atoms with E-state index in [9.17, 15) is 4.79 Å². The number of methoxy groups -OCH3 is 1. The van der Waals surface area contributed by atoms with Gasteiger partial charge >= 0.3 is 5.97 Å². The third-order valence-corrected chi connectivity index (χ3v) is 3.28. The number of benzene rings is 1. The van der Waals surface area contributed by atoms with Crippen molar-refractivity contribution in [1.29, 1.82) is 0 Å². The van der Waals surface area contributed by atoms with E-state index in [1.165, 1.54) is 5.56 Å². The Morgan fingerprint density at radius 1 is 1.39 bits per heavy atom. The summed E-state index contributed by atoms with van der Waals surface area (Å²) in [4.78, 5) is 10.9. The number of carboxylic acids is 1. The van der Waals surface area contributed by atoms with Gasteiger partial charge in [0.05, 0.1) is 13.5 Å². The average molecular weight is 250 g/mol. The third kappa shape index (κ3) is 3.49. The number of ether oxygens (including phenoxy) is 1. The zero-order valence-corrected chi connectivity index (χ0v) is 11.6. The first-order chi connectivity index (χ1) is 8.49. The molecule has 0 bridgehead atoms. The highest BCUT2D eigenvalue weighted by molar-refractivity contribution is 5.68. The van der Waals surface area contributed by atoms with Gasteiger partial charge in [0.1, 0.15) is 5.75 Å². The predicted molar refractivity (Wildman–Crippen MR) is 72.4 cm³/mol. The van der Waals surface area contributed by atoms with Gasteiger partial charge in [-0.05, 0) is 35.4 Å². The highest BCUT2D eigenvalue weighted by Gasteiger charge is 2.18. The summed E-state index contributed by atoms with van der Waals surface area (Å²) in [5.41, 5.74) is 2.20. The lowest BCUT2D eigenvalue weighted by Gasteiger charge is -2.18. The van der Waals surface area contributed by atoms with Crippen molar-refractivity contribution in [1.82, 2.24) is 0 Å². The number of hydrogen-bond acceptors (Lipinski definition) is 2. The minimum atomic E-state index is -0.767. The van der Waals surface area contributed by atoms with Crippen molar-refractivity contribution in [2.24, 2.45) is 0 Å². The summed E-state index contributed by atoms with van der Waals surface area (Å²) in [5, 5.41) is 8.94. The minimum absolute atomic E-state index is 0.0127. The van der Waals surface area contributed by atoms with E-state index in [-0.39, 0.29) is 12.3 Å². The molecule has 18 heavy (non-hydrogen) atoms. The van der Waals surface area contributed by atoms with Crippen molar-refractivity contribution in [3.05, 3.63) is 29.3 Å². The number of carbonyl (C=O) groups is 1. The summed E-state index contributed by atoms with van der Waals surface area (Å²) >= 11 is 0. The van der Waals surface area contributed by atoms with E-state index in [0.29, 0.717) is 5.92 Å². The van der Waals surface area contributed by atoms with Gasteiger partial charge in [0.25, 0.3) is 0 Å². The molecule has 100 valence electrons. The second kappa shape index (κ2) is 6.43. The molecule has 0 aliphatic heterocycles. The van der Waals surface area contributed by atoms with E-state index >= 15 is 0 Å². The van der Waals surface area contributed by atoms with Gasteiger partial charge in [-0.3, -0.25) is 4.79 Å². The Morgan fingerprint density at radius 2 is 2.06 bits per heavy atom. The maximum atomic E-state index is 10.9. The smallest absolute Gasteiger partial charge is 0.303 e. The SMILES string of the molecule is CCC(CC(=O)O)c1ccc(C(C)C)cc1OC. The van der Waals surface area contributed by atoms with Crippen LogP contribution < -0.4 is 4.74 Å². The van der Waals surface area contributed by atoms with Crippen LogP contribution in [-0.2, 0) is 4.79 Å². The molecular weight excluding hydrogens is 228 g/mol. The monoisotopic (exact) mass is 250 g/mol. The van der Waals surface area contributed by atoms with E-state index in [4.69, 9.17) is 9.84 Å². The molecule has 0 aliphatic rings. The summed E-state index contributed by atoms with van der Waals surface area (Å²) in [5.74, 6) is 0.484. The van der Waals surface area contributed by atoms with E-state index in [1.54, 1.807) is 7.11 Å². The van der Waals surface area contributed by atoms with Crippen LogP contribution in [0.1, 0.15) is 56.6 Å². The van der Waals surface area contributed by atoms with Crippen LogP contribution in [-0.4, -0.2) is 18.2 Å². The van der Waals surface area contributed by atoms with Gasteiger partial charge in [-0.25, -0.2) is 0 Å². The molecule has 0 aliphatic carbocycles. The summed E-state index contributed by atoms with van der Waals surface area (Å²) < 4.78 is 5.41. The fourth-order valence-electron chi connectivity index (χ4n) is 2.11. The standard InChI is InChI=1S/C15H22O3/c1-5-11(9-15(16)17)13-7-6-12(10(2)3)8-14(13)18-4/h6-8,10-11H,5,9H2,1-4H3,(H,16,17). The van der Waals surface area contributed by atoms with E-state index in [1.807, 2.05) is 19.1 Å². The van der Waals surface area contributed by atoms with Crippen LogP contribution in [0.4, 0.5) is 0 Å². The summed E-state index contributed by atoms with van der Waals surface area (Å²) in [6.45, 7) is 6.26. The first-order valence-corrected chi connectivity index (χ1v) is 6.39. The predicted octanol–water partition coefficient (Wildman–Crippen LogP) is 3.79. The minimum Gasteiger partial charge on any atom is -0.496 e. The van der Waals surface area contributed by atoms with Crippen molar-refractivity contribution >= 4 is 5.97 Å². The molecule has 0 aromatic heterocycles. The molecular formula is C15H22O3. The second-order valence-corrected chi connectivity index (χ2v) is 4.86. The van der Waals surface area contributed by atoms with Gasteiger partial charge < -0.3 is 9.84 Å². The van der Waals surface area contributed by atoms with Crippen molar-refractivity contribution in [3.8, 4) is 5.75 Å². The van der Waals surface area contributed by atoms with Crippen molar-refractivity contribution in [2.45, 2.75) is 45.4 Å². The van der Waals surface area contributed by atoms with Gasteiger partial charge in [-0.15, -0.1) is 0 Å². The Labute approximate surface area is 109 Å². The molecule has 1 atom stereocenters. The van der Waals surface area contributed by atoms with Gasteiger partial charge in [0.2, 0.25) is 0 Å². The first kappa shape index (κ1) is 14.6. The van der Waals surface area contributed by atoms with Crippen molar-refractivity contribution in [2.75, 3.05) is 7.11 Å². The maximum absolute atomic E-state index is 10.9. The van der Waals surface area contributed by atoms with E-state index in [0.717, 1.165) is 17.7 Å². The number of rotatable bonds is 6. The molecule has 1 rings (SSSR count). The van der Waals surface area contributed by atoms with Crippen LogP contribution in [0.25, 0.3) is 0 Å². The number of aliphatic carboxylic acids is 1. The number of hydrogen-bond donors (Lipinski definition) is 1. The molecule has 0 saturated heterocycles. The molecule has 0 fully saturated rings. The third-order valence-electron chi connectivity index (χ3n) is 3.28. The molecule has 1 N–H and O–H groups in total. The Hall–Kier alpha value is -1.51. The molecule has 0 radical (unpaired) electrons. The molecule has 0 spiro atoms. The normalized spacial score (nSPS) is 12.5. The summed E-state index contributed by atoms with van der Waals surface area (Å²) in [6.07, 6.45) is 0.942. The van der Waals surface area contributed by atoms with Gasteiger partial charge in [-0.1, -0.05) is 32.9 Å². The summed E-state index contributed by atoms with van der Waals surface area (Å²) in [7, 11) is 1.64. The molecule has 3 nitrogen and oxygen atoms in total. The molecule has 3 heteroatoms. The Bertz CT molecular complexity index is 410. The van der Waals surface area contributed by atoms with Gasteiger partial charge in [-0.2, -0.15) is 0 Å². The van der Waals surface area contributed by atoms with Crippen molar-refractivity contribution in [3.63, 3.8) is 0 Å². The largest absolute Gasteiger partial charge is 0.496 e. The highest BCUT2D eigenvalue weighted by Crippen LogP contribution is 2.33. The second-order valence-electron chi connectivity index (χ2n) is 4.86. The zero-order chi connectivity index (χ0) is 13.7. The van der Waals surface area contributed by atoms with Crippen LogP contribution in [0.5, 0.6) is 5.75 Å². The van der Waals surface area contributed by atoms with Crippen LogP contribution in [0, 0.1) is 0 Å². The van der Waals surface area contributed by atoms with Crippen LogP contribution in [0.2, 0.25) is 0 Å². The average Bonchev–Trinajstić information content (AvgIpc) is 2.34. The van der Waals surface area contributed by atoms with E-state index < -0.39 is 5.97 Å².